The van der Waals surface area contributed by atoms with Gasteiger partial charge in [-0.25, -0.2) is 0 Å². The maximum absolute atomic E-state index is 14.3. The summed E-state index contributed by atoms with van der Waals surface area (Å²) in [5.41, 5.74) is 4.09. The first-order valence-electron chi connectivity index (χ1n) is 19.8. The Bertz CT molecular complexity index is 2090. The molecule has 5 atom stereocenters. The molecule has 0 heterocycles. The summed E-state index contributed by atoms with van der Waals surface area (Å²) in [6.45, 7) is 1.37. The molecule has 2 unspecified atom stereocenters. The Morgan fingerprint density at radius 1 is 0.644 bits per heavy atom. The van der Waals surface area contributed by atoms with Crippen LogP contribution >= 0.6 is 0 Å². The number of carbonyl (C=O) groups is 6. The molecule has 59 heavy (non-hydrogen) atoms. The quantitative estimate of drug-likeness (QED) is 0.0734. The predicted molar refractivity (Wildman–Crippen MR) is 226 cm³/mol. The van der Waals surface area contributed by atoms with E-state index in [2.05, 4.69) is 26.6 Å². The van der Waals surface area contributed by atoms with E-state index in [1.165, 1.54) is 6.92 Å². The molecule has 306 valence electrons. The van der Waals surface area contributed by atoms with E-state index in [4.69, 9.17) is 0 Å². The zero-order chi connectivity index (χ0) is 42.0. The van der Waals surface area contributed by atoms with Crippen molar-refractivity contribution < 1.29 is 33.9 Å². The average Bonchev–Trinajstić information content (AvgIpc) is 3.26. The van der Waals surface area contributed by atoms with Crippen LogP contribution in [0.15, 0.2) is 140 Å². The van der Waals surface area contributed by atoms with E-state index >= 15 is 0 Å². The van der Waals surface area contributed by atoms with Crippen molar-refractivity contribution in [2.75, 3.05) is 6.54 Å². The highest BCUT2D eigenvalue weighted by molar-refractivity contribution is 5.96. The van der Waals surface area contributed by atoms with Crippen molar-refractivity contribution in [2.45, 2.75) is 69.6 Å². The van der Waals surface area contributed by atoms with Crippen LogP contribution in [0, 0.1) is 5.92 Å². The molecule has 12 nitrogen and oxygen atoms in total. The number of carboxylic acid groups (broad SMARTS) is 1. The molecule has 5 amide bonds. The van der Waals surface area contributed by atoms with Crippen LogP contribution in [0.25, 0.3) is 11.1 Å². The molecule has 4 aromatic carbocycles. The minimum absolute atomic E-state index is 0.0342. The number of benzene rings is 4. The fraction of sp³-hybridized carbons (Fsp3) is 0.277. The van der Waals surface area contributed by atoms with Crippen LogP contribution in [0.1, 0.15) is 54.1 Å². The molecule has 0 spiro atoms. The summed E-state index contributed by atoms with van der Waals surface area (Å²) in [6.07, 6.45) is 9.02. The second kappa shape index (κ2) is 22.2. The number of hydrogen-bond donors (Lipinski definition) is 6. The molecule has 4 aromatic rings. The largest absolute Gasteiger partial charge is 0.480 e. The molecule has 0 bridgehead atoms. The molecule has 0 aliphatic heterocycles. The average molecular weight is 798 g/mol. The van der Waals surface area contributed by atoms with Gasteiger partial charge in [0.15, 0.2) is 0 Å². The van der Waals surface area contributed by atoms with Gasteiger partial charge >= 0.3 is 5.97 Å². The van der Waals surface area contributed by atoms with Crippen molar-refractivity contribution >= 4 is 35.5 Å². The molecule has 0 aromatic heterocycles. The lowest BCUT2D eigenvalue weighted by Gasteiger charge is -2.27. The minimum atomic E-state index is -1.23. The van der Waals surface area contributed by atoms with Crippen LogP contribution in [0.2, 0.25) is 0 Å². The first-order chi connectivity index (χ1) is 28.5. The fourth-order valence-corrected chi connectivity index (χ4v) is 6.64. The van der Waals surface area contributed by atoms with Gasteiger partial charge in [-0.3, -0.25) is 28.8 Å². The zero-order valence-electron chi connectivity index (χ0n) is 33.0. The van der Waals surface area contributed by atoms with Crippen molar-refractivity contribution in [3.05, 3.63) is 156 Å². The second-order valence-electron chi connectivity index (χ2n) is 14.5. The Labute approximate surface area is 344 Å². The Kier molecular flexibility index (Phi) is 16.3. The molecule has 0 saturated carbocycles. The van der Waals surface area contributed by atoms with E-state index in [-0.39, 0.29) is 44.1 Å². The Morgan fingerprint density at radius 3 is 1.88 bits per heavy atom. The third kappa shape index (κ3) is 14.0. The van der Waals surface area contributed by atoms with Gasteiger partial charge in [0, 0.05) is 24.9 Å². The number of carboxylic acids is 1. The van der Waals surface area contributed by atoms with Crippen molar-refractivity contribution in [3.8, 4) is 11.1 Å². The maximum atomic E-state index is 14.3. The molecule has 5 rings (SSSR count). The van der Waals surface area contributed by atoms with Gasteiger partial charge in [-0.05, 0) is 72.9 Å². The summed E-state index contributed by atoms with van der Waals surface area (Å²) in [5, 5.41) is 23.2. The summed E-state index contributed by atoms with van der Waals surface area (Å²) in [7, 11) is 0. The van der Waals surface area contributed by atoms with Gasteiger partial charge in [0.25, 0.3) is 5.91 Å². The first kappa shape index (κ1) is 43.3. The summed E-state index contributed by atoms with van der Waals surface area (Å²) in [5.74, 6) is -4.06. The van der Waals surface area contributed by atoms with Crippen LogP contribution in [0.3, 0.4) is 0 Å². The predicted octanol–water partition coefficient (Wildman–Crippen LogP) is 4.92. The van der Waals surface area contributed by atoms with Crippen LogP contribution in [0.5, 0.6) is 0 Å². The second-order valence-corrected chi connectivity index (χ2v) is 14.5. The summed E-state index contributed by atoms with van der Waals surface area (Å²) < 4.78 is 0. The van der Waals surface area contributed by atoms with Gasteiger partial charge in [0.1, 0.15) is 24.2 Å². The van der Waals surface area contributed by atoms with E-state index in [1.54, 1.807) is 30.3 Å². The van der Waals surface area contributed by atoms with Crippen LogP contribution in [0.4, 0.5) is 0 Å². The summed E-state index contributed by atoms with van der Waals surface area (Å²) in [4.78, 5) is 79.5. The summed E-state index contributed by atoms with van der Waals surface area (Å²) >= 11 is 0. The molecule has 1 aliphatic carbocycles. The Balaban J connectivity index is 1.36. The van der Waals surface area contributed by atoms with Crippen LogP contribution in [-0.2, 0) is 36.8 Å². The van der Waals surface area contributed by atoms with Gasteiger partial charge in [0.2, 0.25) is 23.6 Å². The summed E-state index contributed by atoms with van der Waals surface area (Å²) in [6, 6.07) is 30.9. The topological polar surface area (TPSA) is 183 Å². The highest BCUT2D eigenvalue weighted by Gasteiger charge is 2.32. The van der Waals surface area contributed by atoms with E-state index in [0.29, 0.717) is 18.4 Å². The van der Waals surface area contributed by atoms with Crippen molar-refractivity contribution in [1.82, 2.24) is 26.6 Å². The molecule has 0 saturated heterocycles. The molecule has 0 fully saturated rings. The van der Waals surface area contributed by atoms with Gasteiger partial charge in [-0.2, -0.15) is 0 Å². The molecule has 12 heteroatoms. The molecular formula is C47H51N5O7. The van der Waals surface area contributed by atoms with Crippen LogP contribution < -0.4 is 26.6 Å². The number of nitrogens with one attached hydrogen (secondary N) is 5. The van der Waals surface area contributed by atoms with Gasteiger partial charge in [0.05, 0.1) is 0 Å². The lowest BCUT2D eigenvalue weighted by molar-refractivity contribution is -0.142. The first-order valence-corrected chi connectivity index (χ1v) is 19.8. The molecule has 6 N–H and O–H groups in total. The molecule has 1 aliphatic rings. The monoisotopic (exact) mass is 797 g/mol. The third-order valence-electron chi connectivity index (χ3n) is 9.99. The highest BCUT2D eigenvalue weighted by Crippen LogP contribution is 2.21. The van der Waals surface area contributed by atoms with E-state index in [9.17, 15) is 33.9 Å². The van der Waals surface area contributed by atoms with Crippen molar-refractivity contribution in [2.24, 2.45) is 5.92 Å². The number of amides is 5. The van der Waals surface area contributed by atoms with Crippen molar-refractivity contribution in [3.63, 3.8) is 0 Å². The fourth-order valence-electron chi connectivity index (χ4n) is 6.64. The third-order valence-corrected chi connectivity index (χ3v) is 9.99. The minimum Gasteiger partial charge on any atom is -0.480 e. The maximum Gasteiger partial charge on any atom is 0.325 e. The van der Waals surface area contributed by atoms with Crippen LogP contribution in [-0.4, -0.2) is 71.3 Å². The van der Waals surface area contributed by atoms with Crippen molar-refractivity contribution in [1.29, 1.82) is 0 Å². The molecule has 0 radical (unpaired) electrons. The number of allylic oxidation sites excluding steroid dienone is 4. The SMILES string of the molecule is CC(NC(=O)[C@H](CC1C=CC=CC1)NC(=O)[C@@H](Cc1ccc(-c2ccccc2)cc1)NC(=O)[C@H](CCc1ccccc1)NC(=O)CCNC(=O)c1ccccc1)C(=O)O. The Morgan fingerprint density at radius 2 is 1.24 bits per heavy atom. The number of hydrogen-bond acceptors (Lipinski definition) is 6. The number of carbonyl (C=O) groups excluding carboxylic acids is 5. The number of rotatable bonds is 20. The number of aliphatic carboxylic acids is 1. The lowest BCUT2D eigenvalue weighted by atomic mass is 9.92. The zero-order valence-corrected chi connectivity index (χ0v) is 33.0. The Hall–Kier alpha value is -6.82. The lowest BCUT2D eigenvalue weighted by Crippen LogP contribution is -2.58. The van der Waals surface area contributed by atoms with E-state index < -0.39 is 53.8 Å². The highest BCUT2D eigenvalue weighted by atomic mass is 16.4. The van der Waals surface area contributed by atoms with E-state index in [0.717, 1.165) is 22.3 Å². The normalized spacial score (nSPS) is 15.1. The smallest absolute Gasteiger partial charge is 0.325 e. The standard InChI is InChI=1S/C47H51N5O7/c1-32(47(58)59)49-45(56)40(30-34-16-8-3-9-17-34)52-46(57)41(31-35-22-25-37(26-23-35)36-18-10-4-11-19-36)51-44(55)39(27-24-33-14-6-2-7-15-33)50-42(53)28-29-48-43(54)38-20-12-5-13-21-38/h2-16,18-23,25-26,32,34,39-41H,17,24,27-31H2,1H3,(H,48,54)(H,49,56)(H,50,53)(H,51,55)(H,52,57)(H,58,59)/t32?,34?,39-,40-,41+/m0/s1. The van der Waals surface area contributed by atoms with Gasteiger partial charge < -0.3 is 31.7 Å². The van der Waals surface area contributed by atoms with Gasteiger partial charge in [-0.1, -0.05) is 127 Å². The van der Waals surface area contributed by atoms with E-state index in [1.807, 2.05) is 109 Å². The molecular weight excluding hydrogens is 747 g/mol. The van der Waals surface area contributed by atoms with Gasteiger partial charge in [-0.15, -0.1) is 0 Å². The number of aryl methyl sites for hydroxylation is 1.